The Balaban J connectivity index is 6.54. The molecule has 0 aromatic carbocycles. The van der Waals surface area contributed by atoms with E-state index in [0.29, 0.717) is 0 Å². The second-order valence-electron chi connectivity index (χ2n) is 11.6. The van der Waals surface area contributed by atoms with Crippen LogP contribution >= 0.6 is 0 Å². The zero-order chi connectivity index (χ0) is 18.6. The molecule has 0 spiro atoms. The third kappa shape index (κ3) is 3.34. The molecule has 0 atom stereocenters. The smallest absolute Gasteiger partial charge is 0.0530 e. The highest BCUT2D eigenvalue weighted by atomic mass is 29.6. The molecule has 0 aromatic rings. The lowest BCUT2D eigenvalue weighted by molar-refractivity contribution is 0.613. The van der Waals surface area contributed by atoms with Crippen molar-refractivity contribution in [3.63, 3.8) is 0 Å². The fourth-order valence-corrected chi connectivity index (χ4v) is 45.6. The summed E-state index contributed by atoms with van der Waals surface area (Å²) in [6.45, 7) is 32.4. The zero-order valence-corrected chi connectivity index (χ0v) is 20.9. The molecule has 0 saturated carbocycles. The molecule has 0 aliphatic heterocycles. The predicted molar refractivity (Wildman–Crippen MR) is 109 cm³/mol. The van der Waals surface area contributed by atoms with Crippen LogP contribution in [-0.4, -0.2) is 23.3 Å². The van der Waals surface area contributed by atoms with E-state index in [1.807, 2.05) is 0 Å². The van der Waals surface area contributed by atoms with Crippen molar-refractivity contribution in [1.82, 2.24) is 0 Å². The van der Waals surface area contributed by atoms with Crippen LogP contribution in [0.25, 0.3) is 0 Å². The van der Waals surface area contributed by atoms with Crippen LogP contribution < -0.4 is 0 Å². The molecule has 0 aromatic heterocycles. The van der Waals surface area contributed by atoms with Gasteiger partial charge in [-0.2, -0.15) is 0 Å². The summed E-state index contributed by atoms with van der Waals surface area (Å²) in [5.41, 5.74) is 0. The van der Waals surface area contributed by atoms with Crippen LogP contribution in [0.3, 0.4) is 0 Å². The molecular formula is C18H42FSi3-. The van der Waals surface area contributed by atoms with Gasteiger partial charge in [0.2, 0.25) is 0 Å². The van der Waals surface area contributed by atoms with Gasteiger partial charge in [0, 0.05) is 0 Å². The molecule has 0 fully saturated rings. The second kappa shape index (κ2) is 5.83. The predicted octanol–water partition coefficient (Wildman–Crippen LogP) is 7.46. The van der Waals surface area contributed by atoms with Gasteiger partial charge in [0.25, 0.3) is 0 Å². The summed E-state index contributed by atoms with van der Waals surface area (Å²) < 4.78 is 16.7. The summed E-state index contributed by atoms with van der Waals surface area (Å²) in [4.78, 5) is 0. The van der Waals surface area contributed by atoms with Gasteiger partial charge in [0.15, 0.2) is 0 Å². The number of hydrogen-bond donors (Lipinski definition) is 0. The number of rotatable bonds is 2. The summed E-state index contributed by atoms with van der Waals surface area (Å²) in [5.74, 6) is 0. The molecule has 0 rings (SSSR count). The molecule has 0 N–H and O–H groups in total. The minimum Gasteiger partial charge on any atom is -0.524 e. The molecule has 0 unspecified atom stereocenters. The molecule has 0 aliphatic carbocycles. The van der Waals surface area contributed by atoms with Crippen LogP contribution in [0.2, 0.25) is 33.2 Å². The van der Waals surface area contributed by atoms with E-state index in [1.165, 1.54) is 0 Å². The average molecular weight is 362 g/mol. The van der Waals surface area contributed by atoms with Gasteiger partial charge in [0.05, 0.1) is 0 Å². The Labute approximate surface area is 144 Å². The first-order chi connectivity index (χ1) is 9.15. The highest BCUT2D eigenvalue weighted by Crippen LogP contribution is 2.60. The van der Waals surface area contributed by atoms with Crippen LogP contribution in [0, 0.1) is 0 Å². The Bertz CT molecular complexity index is 323. The summed E-state index contributed by atoms with van der Waals surface area (Å²) in [6, 6.07) is 0. The summed E-state index contributed by atoms with van der Waals surface area (Å²) >= 11 is 0. The molecule has 0 saturated heterocycles. The summed E-state index contributed by atoms with van der Waals surface area (Å²) in [5, 5.41) is 0.385. The van der Waals surface area contributed by atoms with E-state index in [4.69, 9.17) is 0 Å². The first kappa shape index (κ1) is 22.6. The maximum atomic E-state index is 16.7. The normalized spacial score (nSPS) is 16.4. The highest BCUT2D eigenvalue weighted by Gasteiger charge is 2.57. The highest BCUT2D eigenvalue weighted by molar-refractivity contribution is 7.61. The van der Waals surface area contributed by atoms with Gasteiger partial charge < -0.3 is 4.11 Å². The van der Waals surface area contributed by atoms with E-state index in [2.05, 4.69) is 96.2 Å². The fourth-order valence-electron chi connectivity index (χ4n) is 4.07. The molecule has 134 valence electrons. The largest absolute Gasteiger partial charge is 0.524 e. The first-order valence-corrected chi connectivity index (χ1v) is 17.1. The average Bonchev–Trinajstić information content (AvgIpc) is 2.19. The molecule has 22 heavy (non-hydrogen) atoms. The summed E-state index contributed by atoms with van der Waals surface area (Å²) in [7, 11) is -6.14. The monoisotopic (exact) mass is 361 g/mol. The van der Waals surface area contributed by atoms with Crippen LogP contribution in [0.5, 0.6) is 0 Å². The van der Waals surface area contributed by atoms with E-state index in [-0.39, 0.29) is 20.2 Å². The third-order valence-corrected chi connectivity index (χ3v) is 43.9. The van der Waals surface area contributed by atoms with Gasteiger partial charge in [-0.25, -0.2) is 0 Å². The van der Waals surface area contributed by atoms with Crippen LogP contribution in [0.1, 0.15) is 83.1 Å². The molecule has 0 aliphatic rings. The van der Waals surface area contributed by atoms with Gasteiger partial charge in [-0.15, -0.1) is 0 Å². The van der Waals surface area contributed by atoms with Gasteiger partial charge in [-0.1, -0.05) is 140 Å². The Morgan fingerprint density at radius 2 is 0.636 bits per heavy atom. The van der Waals surface area contributed by atoms with E-state index >= 15 is 4.11 Å². The minimum absolute atomic E-state index is 0.0963. The SMILES string of the molecule is CC(C)(C)[Si](C)([Si-](F)[Si](C)(C(C)(C)C)C(C)(C)C)C(C)(C)C. The quantitative estimate of drug-likeness (QED) is 0.353. The zero-order valence-electron chi connectivity index (χ0n) is 17.9. The standard InChI is InChI=1S/C18H42FSi3/c1-15(2,3)21(13,16(4,5)6)20(19)22(14,17(7,8)9)18(10,11)12/h1-14H3/q-1. The first-order valence-electron chi connectivity index (χ1n) is 8.69. The molecule has 0 amide bonds. The molecular weight excluding hydrogens is 319 g/mol. The van der Waals surface area contributed by atoms with E-state index in [1.54, 1.807) is 0 Å². The van der Waals surface area contributed by atoms with E-state index in [0.717, 1.165) is 0 Å². The van der Waals surface area contributed by atoms with Gasteiger partial charge in [-0.05, 0) is 0 Å². The Kier molecular flexibility index (Phi) is 5.99. The Morgan fingerprint density at radius 3 is 0.727 bits per heavy atom. The van der Waals surface area contributed by atoms with E-state index < -0.39 is 23.3 Å². The molecule has 0 heterocycles. The van der Waals surface area contributed by atoms with Gasteiger partial charge in [0.1, 0.15) is 0 Å². The van der Waals surface area contributed by atoms with Crippen molar-refractivity contribution in [2.75, 3.05) is 0 Å². The number of halogens is 1. The molecule has 4 heteroatoms. The lowest BCUT2D eigenvalue weighted by Crippen LogP contribution is -2.74. The van der Waals surface area contributed by atoms with Gasteiger partial charge >= 0.3 is 0 Å². The lowest BCUT2D eigenvalue weighted by Gasteiger charge is -2.70. The Morgan fingerprint density at radius 1 is 0.500 bits per heavy atom. The summed E-state index contributed by atoms with van der Waals surface area (Å²) in [6.07, 6.45) is 0. The topological polar surface area (TPSA) is 0 Å². The maximum absolute atomic E-state index is 16.7. The van der Waals surface area contributed by atoms with Crippen molar-refractivity contribution in [2.45, 2.75) is 116 Å². The molecule has 0 bridgehead atoms. The third-order valence-electron chi connectivity index (χ3n) is 6.88. The lowest BCUT2D eigenvalue weighted by atomic mass is 10.2. The van der Waals surface area contributed by atoms with Crippen LogP contribution in [-0.2, 0) is 0 Å². The van der Waals surface area contributed by atoms with Crippen LogP contribution in [0.15, 0.2) is 0 Å². The van der Waals surface area contributed by atoms with Crippen LogP contribution in [0.4, 0.5) is 4.11 Å². The number of hydrogen-bond acceptors (Lipinski definition) is 0. The minimum atomic E-state index is -2.11. The van der Waals surface area contributed by atoms with Crippen molar-refractivity contribution in [1.29, 1.82) is 0 Å². The van der Waals surface area contributed by atoms with E-state index in [9.17, 15) is 0 Å². The fraction of sp³-hybridized carbons (Fsp3) is 1.00. The van der Waals surface area contributed by atoms with Gasteiger partial charge in [-0.3, -0.25) is 0 Å². The van der Waals surface area contributed by atoms with Crippen molar-refractivity contribution in [3.8, 4) is 0 Å². The van der Waals surface area contributed by atoms with Crippen molar-refractivity contribution < 1.29 is 4.11 Å². The van der Waals surface area contributed by atoms with Crippen molar-refractivity contribution >= 4 is 23.3 Å². The molecule has 0 nitrogen and oxygen atoms in total. The maximum Gasteiger partial charge on any atom is -0.0530 e. The second-order valence-corrected chi connectivity index (χ2v) is 32.8. The Hall–Kier alpha value is 0.581. The van der Waals surface area contributed by atoms with Crippen molar-refractivity contribution in [2.24, 2.45) is 0 Å². The molecule has 0 radical (unpaired) electrons. The van der Waals surface area contributed by atoms with Crippen molar-refractivity contribution in [3.05, 3.63) is 0 Å².